The van der Waals surface area contributed by atoms with Gasteiger partial charge in [0.15, 0.2) is 6.10 Å². The van der Waals surface area contributed by atoms with Crippen LogP contribution < -0.4 is 10.2 Å². The number of ether oxygens (including phenoxy) is 1. The summed E-state index contributed by atoms with van der Waals surface area (Å²) in [6.45, 7) is 4.97. The molecule has 6 nitrogen and oxygen atoms in total. The van der Waals surface area contributed by atoms with E-state index in [0.717, 1.165) is 17.7 Å². The van der Waals surface area contributed by atoms with Crippen molar-refractivity contribution in [1.29, 1.82) is 0 Å². The maximum absolute atomic E-state index is 12.9. The maximum atomic E-state index is 12.9. The van der Waals surface area contributed by atoms with E-state index in [9.17, 15) is 14.4 Å². The second kappa shape index (κ2) is 7.61. The van der Waals surface area contributed by atoms with Crippen LogP contribution in [0.3, 0.4) is 0 Å². The van der Waals surface area contributed by atoms with Crippen LogP contribution in [0.5, 0.6) is 0 Å². The van der Waals surface area contributed by atoms with Gasteiger partial charge in [-0.25, -0.2) is 4.79 Å². The molecule has 0 aromatic heterocycles. The van der Waals surface area contributed by atoms with Crippen LogP contribution in [-0.2, 0) is 20.7 Å². The fraction of sp³-hybridized carbons (Fsp3) is 0.286. The molecule has 0 fully saturated rings. The third-order valence-electron chi connectivity index (χ3n) is 4.52. The molecule has 0 bridgehead atoms. The Morgan fingerprint density at radius 3 is 2.44 bits per heavy atom. The zero-order chi connectivity index (χ0) is 19.6. The monoisotopic (exact) mass is 366 g/mol. The standard InChI is InChI=1S/C21H22N2O4/c1-13-12-17-6-4-5-7-19(17)23(13)20(25)14(2)27-21(26)16-8-10-18(11-9-16)22-15(3)24/h4-11,13-14H,12H2,1-3H3,(H,22,24)/t13-,14-/m1/s1. The molecule has 2 atom stereocenters. The van der Waals surface area contributed by atoms with Crippen molar-refractivity contribution in [3.05, 3.63) is 59.7 Å². The maximum Gasteiger partial charge on any atom is 0.338 e. The molecule has 2 amide bonds. The predicted octanol–water partition coefficient (Wildman–Crippen LogP) is 3.17. The van der Waals surface area contributed by atoms with E-state index >= 15 is 0 Å². The van der Waals surface area contributed by atoms with E-state index in [1.807, 2.05) is 31.2 Å². The lowest BCUT2D eigenvalue weighted by Crippen LogP contribution is -2.43. The average molecular weight is 366 g/mol. The number of hydrogen-bond donors (Lipinski definition) is 1. The summed E-state index contributed by atoms with van der Waals surface area (Å²) in [6, 6.07) is 14.1. The van der Waals surface area contributed by atoms with Crippen molar-refractivity contribution in [3.63, 3.8) is 0 Å². The molecule has 1 aliphatic heterocycles. The SMILES string of the molecule is CC(=O)Nc1ccc(C(=O)O[C@H](C)C(=O)N2c3ccccc3C[C@H]2C)cc1. The molecule has 2 aromatic carbocycles. The molecule has 2 aromatic rings. The van der Waals surface area contributed by atoms with Crippen molar-refractivity contribution in [1.82, 2.24) is 0 Å². The lowest BCUT2D eigenvalue weighted by atomic mass is 10.1. The molecular formula is C21H22N2O4. The van der Waals surface area contributed by atoms with Gasteiger partial charge in [-0.2, -0.15) is 0 Å². The van der Waals surface area contributed by atoms with Gasteiger partial charge < -0.3 is 15.0 Å². The van der Waals surface area contributed by atoms with Crippen molar-refractivity contribution in [2.75, 3.05) is 10.2 Å². The Balaban J connectivity index is 1.68. The number of para-hydroxylation sites is 1. The number of esters is 1. The number of anilines is 2. The van der Waals surface area contributed by atoms with Gasteiger partial charge in [0.05, 0.1) is 5.56 Å². The molecule has 3 rings (SSSR count). The molecular weight excluding hydrogens is 344 g/mol. The Morgan fingerprint density at radius 2 is 1.78 bits per heavy atom. The predicted molar refractivity (Wildman–Crippen MR) is 103 cm³/mol. The smallest absolute Gasteiger partial charge is 0.338 e. The summed E-state index contributed by atoms with van der Waals surface area (Å²) in [6.07, 6.45) is -0.117. The van der Waals surface area contributed by atoms with E-state index in [2.05, 4.69) is 5.32 Å². The number of carbonyl (C=O) groups is 3. The minimum atomic E-state index is -0.902. The van der Waals surface area contributed by atoms with Crippen molar-refractivity contribution < 1.29 is 19.1 Å². The van der Waals surface area contributed by atoms with Crippen LogP contribution in [0, 0.1) is 0 Å². The number of fused-ring (bicyclic) bond motifs is 1. The van der Waals surface area contributed by atoms with Crippen LogP contribution in [0.15, 0.2) is 48.5 Å². The number of hydrogen-bond acceptors (Lipinski definition) is 4. The molecule has 0 saturated carbocycles. The van der Waals surface area contributed by atoms with Crippen molar-refractivity contribution in [2.24, 2.45) is 0 Å². The molecule has 140 valence electrons. The van der Waals surface area contributed by atoms with Gasteiger partial charge in [0.1, 0.15) is 0 Å². The number of nitrogens with zero attached hydrogens (tertiary/aromatic N) is 1. The van der Waals surface area contributed by atoms with E-state index in [1.54, 1.807) is 36.1 Å². The van der Waals surface area contributed by atoms with Crippen LogP contribution in [0.2, 0.25) is 0 Å². The highest BCUT2D eigenvalue weighted by Gasteiger charge is 2.34. The van der Waals surface area contributed by atoms with Crippen LogP contribution >= 0.6 is 0 Å². The lowest BCUT2D eigenvalue weighted by Gasteiger charge is -2.26. The summed E-state index contributed by atoms with van der Waals surface area (Å²) in [5.41, 5.74) is 2.90. The first kappa shape index (κ1) is 18.6. The molecule has 0 radical (unpaired) electrons. The Hall–Kier alpha value is -3.15. The van der Waals surface area contributed by atoms with Gasteiger partial charge in [-0.3, -0.25) is 9.59 Å². The highest BCUT2D eigenvalue weighted by molar-refractivity contribution is 6.01. The van der Waals surface area contributed by atoms with Gasteiger partial charge in [0.25, 0.3) is 5.91 Å². The van der Waals surface area contributed by atoms with Crippen LogP contribution in [-0.4, -0.2) is 29.9 Å². The minimum absolute atomic E-state index is 0.0213. The molecule has 1 N–H and O–H groups in total. The van der Waals surface area contributed by atoms with E-state index in [-0.39, 0.29) is 17.9 Å². The third kappa shape index (κ3) is 4.00. The number of nitrogens with one attached hydrogen (secondary N) is 1. The summed E-state index contributed by atoms with van der Waals surface area (Å²) in [5, 5.41) is 2.63. The Kier molecular flexibility index (Phi) is 5.26. The quantitative estimate of drug-likeness (QED) is 0.844. The Bertz CT molecular complexity index is 876. The summed E-state index contributed by atoms with van der Waals surface area (Å²) in [5.74, 6) is -1.01. The Labute approximate surface area is 158 Å². The first-order chi connectivity index (χ1) is 12.9. The van der Waals surface area contributed by atoms with Gasteiger partial charge >= 0.3 is 5.97 Å². The molecule has 1 aliphatic rings. The highest BCUT2D eigenvalue weighted by Crippen LogP contribution is 2.32. The normalized spacial score (nSPS) is 16.4. The molecule has 1 heterocycles. The lowest BCUT2D eigenvalue weighted by molar-refractivity contribution is -0.126. The zero-order valence-electron chi connectivity index (χ0n) is 15.6. The van der Waals surface area contributed by atoms with Crippen LogP contribution in [0.25, 0.3) is 0 Å². The largest absolute Gasteiger partial charge is 0.449 e. The third-order valence-corrected chi connectivity index (χ3v) is 4.52. The number of rotatable bonds is 4. The number of carbonyl (C=O) groups excluding carboxylic acids is 3. The molecule has 27 heavy (non-hydrogen) atoms. The van der Waals surface area contributed by atoms with E-state index in [4.69, 9.17) is 4.74 Å². The van der Waals surface area contributed by atoms with Gasteiger partial charge in [0, 0.05) is 24.3 Å². The summed E-state index contributed by atoms with van der Waals surface area (Å²) in [7, 11) is 0. The molecule has 6 heteroatoms. The first-order valence-electron chi connectivity index (χ1n) is 8.86. The van der Waals surface area contributed by atoms with E-state index in [1.165, 1.54) is 6.92 Å². The van der Waals surface area contributed by atoms with Gasteiger partial charge in [0.2, 0.25) is 5.91 Å². The number of benzene rings is 2. The average Bonchev–Trinajstić information content (AvgIpc) is 2.96. The fourth-order valence-electron chi connectivity index (χ4n) is 3.27. The first-order valence-corrected chi connectivity index (χ1v) is 8.86. The van der Waals surface area contributed by atoms with Crippen LogP contribution in [0.4, 0.5) is 11.4 Å². The van der Waals surface area contributed by atoms with Crippen molar-refractivity contribution in [2.45, 2.75) is 39.3 Å². The topological polar surface area (TPSA) is 75.7 Å². The summed E-state index contributed by atoms with van der Waals surface area (Å²) in [4.78, 5) is 38.0. The van der Waals surface area contributed by atoms with Gasteiger partial charge in [-0.1, -0.05) is 18.2 Å². The Morgan fingerprint density at radius 1 is 1.11 bits per heavy atom. The second-order valence-corrected chi connectivity index (χ2v) is 6.70. The summed E-state index contributed by atoms with van der Waals surface area (Å²) < 4.78 is 5.38. The van der Waals surface area contributed by atoms with Crippen molar-refractivity contribution >= 4 is 29.2 Å². The molecule has 0 aliphatic carbocycles. The zero-order valence-corrected chi connectivity index (χ0v) is 15.6. The van der Waals surface area contributed by atoms with Crippen LogP contribution in [0.1, 0.15) is 36.7 Å². The fourth-order valence-corrected chi connectivity index (χ4v) is 3.27. The minimum Gasteiger partial charge on any atom is -0.449 e. The van der Waals surface area contributed by atoms with E-state index in [0.29, 0.717) is 11.3 Å². The summed E-state index contributed by atoms with van der Waals surface area (Å²) >= 11 is 0. The van der Waals surface area contributed by atoms with Gasteiger partial charge in [-0.05, 0) is 56.2 Å². The highest BCUT2D eigenvalue weighted by atomic mass is 16.5. The number of amides is 2. The van der Waals surface area contributed by atoms with Crippen molar-refractivity contribution in [3.8, 4) is 0 Å². The molecule has 0 saturated heterocycles. The van der Waals surface area contributed by atoms with E-state index < -0.39 is 12.1 Å². The second-order valence-electron chi connectivity index (χ2n) is 6.70. The van der Waals surface area contributed by atoms with Gasteiger partial charge in [-0.15, -0.1) is 0 Å². The molecule has 0 spiro atoms. The molecule has 0 unspecified atom stereocenters.